The summed E-state index contributed by atoms with van der Waals surface area (Å²) in [4.78, 5) is 28.1. The first-order valence-corrected chi connectivity index (χ1v) is 8.86. The fourth-order valence-electron chi connectivity index (χ4n) is 2.75. The molecule has 0 radical (unpaired) electrons. The van der Waals surface area contributed by atoms with Gasteiger partial charge in [0, 0.05) is 18.0 Å². The molecule has 28 heavy (non-hydrogen) atoms. The molecule has 0 bridgehead atoms. The fourth-order valence-corrected chi connectivity index (χ4v) is 2.75. The Morgan fingerprint density at radius 1 is 1.11 bits per heavy atom. The van der Waals surface area contributed by atoms with Gasteiger partial charge in [0.05, 0.1) is 11.6 Å². The summed E-state index contributed by atoms with van der Waals surface area (Å²) in [7, 11) is 0. The second-order valence-corrected chi connectivity index (χ2v) is 6.33. The van der Waals surface area contributed by atoms with Crippen LogP contribution in [0.25, 0.3) is 0 Å². The Bertz CT molecular complexity index is 974. The number of benzene rings is 2. The molecule has 0 aliphatic heterocycles. The van der Waals surface area contributed by atoms with E-state index < -0.39 is 5.91 Å². The number of hydrogen-bond acceptors (Lipinski definition) is 4. The molecule has 1 aromatic heterocycles. The zero-order valence-electron chi connectivity index (χ0n) is 15.5. The van der Waals surface area contributed by atoms with Gasteiger partial charge in [0.15, 0.2) is 0 Å². The van der Waals surface area contributed by atoms with E-state index in [2.05, 4.69) is 10.3 Å². The number of hydrogen-bond donors (Lipinski definition) is 2. The van der Waals surface area contributed by atoms with Gasteiger partial charge in [-0.1, -0.05) is 30.3 Å². The summed E-state index contributed by atoms with van der Waals surface area (Å²) >= 11 is 0. The van der Waals surface area contributed by atoms with Gasteiger partial charge in [-0.15, -0.1) is 0 Å². The van der Waals surface area contributed by atoms with Crippen molar-refractivity contribution in [3.63, 3.8) is 0 Å². The first-order valence-electron chi connectivity index (χ1n) is 8.86. The monoisotopic (exact) mass is 375 g/mol. The molecule has 6 heteroatoms. The van der Waals surface area contributed by atoms with E-state index in [1.165, 1.54) is 0 Å². The molecule has 6 nitrogen and oxygen atoms in total. The van der Waals surface area contributed by atoms with Crippen LogP contribution in [-0.2, 0) is 6.61 Å². The highest BCUT2D eigenvalue weighted by Crippen LogP contribution is 2.19. The van der Waals surface area contributed by atoms with Crippen LogP contribution < -0.4 is 15.8 Å². The van der Waals surface area contributed by atoms with E-state index in [4.69, 9.17) is 10.5 Å². The maximum absolute atomic E-state index is 12.6. The number of nitrogens with one attached hydrogen (secondary N) is 1. The summed E-state index contributed by atoms with van der Waals surface area (Å²) in [6.45, 7) is 2.12. The fraction of sp³-hybridized carbons (Fsp3) is 0.136. The van der Waals surface area contributed by atoms with Crippen molar-refractivity contribution in [2.24, 2.45) is 5.73 Å². The topological polar surface area (TPSA) is 94.3 Å². The normalized spacial score (nSPS) is 11.5. The van der Waals surface area contributed by atoms with Crippen molar-refractivity contribution in [3.8, 4) is 5.75 Å². The van der Waals surface area contributed by atoms with Crippen molar-refractivity contribution in [1.82, 2.24) is 10.3 Å². The first kappa shape index (κ1) is 19.1. The summed E-state index contributed by atoms with van der Waals surface area (Å²) in [5, 5.41) is 2.96. The number of carbonyl (C=O) groups is 2. The van der Waals surface area contributed by atoms with E-state index >= 15 is 0 Å². The molecular weight excluding hydrogens is 354 g/mol. The number of aromatic nitrogens is 1. The van der Waals surface area contributed by atoms with Crippen molar-refractivity contribution in [1.29, 1.82) is 0 Å². The SMILES string of the molecule is CC(NC(=O)c1cccc(COc2ccccc2C(N)=O)c1)c1cccnc1. The molecule has 3 rings (SSSR count). The molecule has 0 saturated carbocycles. The highest BCUT2D eigenvalue weighted by atomic mass is 16.5. The Kier molecular flexibility index (Phi) is 6.01. The minimum Gasteiger partial charge on any atom is -0.488 e. The van der Waals surface area contributed by atoms with Gasteiger partial charge < -0.3 is 15.8 Å². The van der Waals surface area contributed by atoms with Crippen LogP contribution in [-0.4, -0.2) is 16.8 Å². The van der Waals surface area contributed by atoms with Crippen LogP contribution in [0.5, 0.6) is 5.75 Å². The van der Waals surface area contributed by atoms with Gasteiger partial charge in [-0.3, -0.25) is 14.6 Å². The van der Waals surface area contributed by atoms with Crippen molar-refractivity contribution in [3.05, 3.63) is 95.3 Å². The minimum atomic E-state index is -0.548. The summed E-state index contributed by atoms with van der Waals surface area (Å²) in [6.07, 6.45) is 3.42. The van der Waals surface area contributed by atoms with Crippen molar-refractivity contribution < 1.29 is 14.3 Å². The van der Waals surface area contributed by atoms with E-state index in [9.17, 15) is 9.59 Å². The first-order chi connectivity index (χ1) is 13.5. The summed E-state index contributed by atoms with van der Waals surface area (Å²) < 4.78 is 5.73. The Morgan fingerprint density at radius 3 is 2.68 bits per heavy atom. The quantitative estimate of drug-likeness (QED) is 0.663. The van der Waals surface area contributed by atoms with Crippen LogP contribution >= 0.6 is 0 Å². The van der Waals surface area contributed by atoms with Crippen LogP contribution in [0.15, 0.2) is 73.1 Å². The maximum atomic E-state index is 12.6. The van der Waals surface area contributed by atoms with Gasteiger partial charge in [-0.25, -0.2) is 0 Å². The third-order valence-corrected chi connectivity index (χ3v) is 4.27. The van der Waals surface area contributed by atoms with E-state index in [1.807, 2.05) is 25.1 Å². The maximum Gasteiger partial charge on any atom is 0.252 e. The largest absolute Gasteiger partial charge is 0.488 e. The number of amides is 2. The predicted molar refractivity (Wildman–Crippen MR) is 106 cm³/mol. The van der Waals surface area contributed by atoms with Crippen LogP contribution in [0.1, 0.15) is 44.8 Å². The van der Waals surface area contributed by atoms with E-state index in [-0.39, 0.29) is 18.6 Å². The molecule has 0 aliphatic rings. The highest BCUT2D eigenvalue weighted by Gasteiger charge is 2.13. The zero-order chi connectivity index (χ0) is 19.9. The van der Waals surface area contributed by atoms with Crippen LogP contribution in [0, 0.1) is 0 Å². The molecule has 2 amide bonds. The number of carbonyl (C=O) groups excluding carboxylic acids is 2. The van der Waals surface area contributed by atoms with Crippen LogP contribution in [0.2, 0.25) is 0 Å². The molecule has 0 spiro atoms. The van der Waals surface area contributed by atoms with Crippen molar-refractivity contribution in [2.75, 3.05) is 0 Å². The number of para-hydroxylation sites is 1. The van der Waals surface area contributed by atoms with Crippen LogP contribution in [0.3, 0.4) is 0 Å². The molecular formula is C22H21N3O3. The van der Waals surface area contributed by atoms with Gasteiger partial charge in [0.1, 0.15) is 12.4 Å². The lowest BCUT2D eigenvalue weighted by Crippen LogP contribution is -2.26. The number of nitrogens with two attached hydrogens (primary N) is 1. The average Bonchev–Trinajstić information content (AvgIpc) is 2.73. The summed E-state index contributed by atoms with van der Waals surface area (Å²) in [6, 6.07) is 17.5. The highest BCUT2D eigenvalue weighted by molar-refractivity contribution is 5.95. The molecule has 0 aliphatic carbocycles. The third-order valence-electron chi connectivity index (χ3n) is 4.27. The molecule has 142 valence electrons. The Morgan fingerprint density at radius 2 is 1.93 bits per heavy atom. The summed E-state index contributed by atoms with van der Waals surface area (Å²) in [5.74, 6) is -0.320. The lowest BCUT2D eigenvalue weighted by atomic mass is 10.1. The molecule has 3 aromatic rings. The second-order valence-electron chi connectivity index (χ2n) is 6.33. The van der Waals surface area contributed by atoms with Gasteiger partial charge >= 0.3 is 0 Å². The zero-order valence-corrected chi connectivity index (χ0v) is 15.5. The molecule has 0 fully saturated rings. The third kappa shape index (κ3) is 4.73. The average molecular weight is 375 g/mol. The standard InChI is InChI=1S/C22H21N3O3/c1-15(18-8-5-11-24-13-18)25-22(27)17-7-4-6-16(12-17)14-28-20-10-3-2-9-19(20)21(23)26/h2-13,15H,14H2,1H3,(H2,23,26)(H,25,27). The lowest BCUT2D eigenvalue weighted by molar-refractivity contribution is 0.0938. The van der Waals surface area contributed by atoms with Crippen molar-refractivity contribution in [2.45, 2.75) is 19.6 Å². The molecule has 3 N–H and O–H groups in total. The van der Waals surface area contributed by atoms with Gasteiger partial charge in [-0.2, -0.15) is 0 Å². The Labute approximate surface area is 163 Å². The number of nitrogens with zero attached hydrogens (tertiary/aromatic N) is 1. The molecule has 1 unspecified atom stereocenters. The van der Waals surface area contributed by atoms with E-state index in [0.717, 1.165) is 11.1 Å². The predicted octanol–water partition coefficient (Wildman–Crippen LogP) is 3.25. The summed E-state index contributed by atoms with van der Waals surface area (Å²) in [5.41, 5.74) is 7.95. The molecule has 1 heterocycles. The Hall–Kier alpha value is -3.67. The number of primary amides is 1. The Balaban J connectivity index is 1.67. The number of rotatable bonds is 7. The number of ether oxygens (including phenoxy) is 1. The lowest BCUT2D eigenvalue weighted by Gasteiger charge is -2.14. The van der Waals surface area contributed by atoms with E-state index in [0.29, 0.717) is 16.9 Å². The van der Waals surface area contributed by atoms with Crippen LogP contribution in [0.4, 0.5) is 0 Å². The second kappa shape index (κ2) is 8.81. The molecule has 0 saturated heterocycles. The number of pyridine rings is 1. The van der Waals surface area contributed by atoms with Gasteiger partial charge in [0.2, 0.25) is 0 Å². The minimum absolute atomic E-state index is 0.163. The van der Waals surface area contributed by atoms with Gasteiger partial charge in [0.25, 0.3) is 11.8 Å². The van der Waals surface area contributed by atoms with E-state index in [1.54, 1.807) is 54.9 Å². The molecule has 1 atom stereocenters. The van der Waals surface area contributed by atoms with Crippen molar-refractivity contribution >= 4 is 11.8 Å². The van der Waals surface area contributed by atoms with Gasteiger partial charge in [-0.05, 0) is 48.4 Å². The smallest absolute Gasteiger partial charge is 0.252 e. The molecule has 2 aromatic carbocycles.